The van der Waals surface area contributed by atoms with Gasteiger partial charge in [0.2, 0.25) is 0 Å². The molecule has 3 aromatic rings. The Hall–Kier alpha value is -2.36. The summed E-state index contributed by atoms with van der Waals surface area (Å²) in [5.41, 5.74) is 8.02. The minimum Gasteiger partial charge on any atom is -0.505 e. The number of fused-ring (bicyclic) bond motifs is 3. The third kappa shape index (κ3) is 4.73. The zero-order valence-corrected chi connectivity index (χ0v) is 21.8. The molecule has 2 aliphatic carbocycles. The molecule has 0 amide bonds. The molecular formula is C25H28BrClFN5O2. The molecule has 2 heterocycles. The molecular weight excluding hydrogens is 537 g/mol. The van der Waals surface area contributed by atoms with Crippen LogP contribution >= 0.6 is 27.5 Å². The highest BCUT2D eigenvalue weighted by Gasteiger charge is 2.45. The summed E-state index contributed by atoms with van der Waals surface area (Å²) in [4.78, 5) is 4.37. The molecule has 0 saturated heterocycles. The second kappa shape index (κ2) is 8.94. The standard InChI is InChI=1S/C25H28BrClFN5O2/c1-12-3-13-4-14(9-25(2,35)8-13)22(12)32-23-16(10-30-33-11-15(26)5-20(23)33)24(29)31-19-7-18(28)21(34)6-17(19)27/h5-7,10-14,22,32,34-35H,3-4,8-9H2,1-2H3,(H2,29,31). The number of nitrogens with one attached hydrogen (secondary N) is 1. The number of aromatic nitrogens is 2. The highest BCUT2D eigenvalue weighted by Crippen LogP contribution is 2.47. The molecule has 5 rings (SSSR count). The molecule has 5 N–H and O–H groups in total. The first-order valence-electron chi connectivity index (χ1n) is 11.7. The molecule has 5 unspecified atom stereocenters. The molecule has 5 atom stereocenters. The Balaban J connectivity index is 1.58. The van der Waals surface area contributed by atoms with Crippen LogP contribution in [0.5, 0.6) is 5.75 Å². The fraction of sp³-hybridized carbons (Fsp3) is 0.440. The molecule has 0 radical (unpaired) electrons. The van der Waals surface area contributed by atoms with E-state index in [9.17, 15) is 14.6 Å². The number of hydrogen-bond donors (Lipinski definition) is 4. The van der Waals surface area contributed by atoms with E-state index in [1.54, 1.807) is 10.7 Å². The highest BCUT2D eigenvalue weighted by molar-refractivity contribution is 9.10. The topological polar surface area (TPSA) is 108 Å². The van der Waals surface area contributed by atoms with Crippen LogP contribution < -0.4 is 11.1 Å². The number of phenols is 1. The lowest BCUT2D eigenvalue weighted by Gasteiger charge is -2.49. The molecule has 2 aliphatic rings. The van der Waals surface area contributed by atoms with Crippen LogP contribution in [0.3, 0.4) is 0 Å². The van der Waals surface area contributed by atoms with E-state index in [-0.39, 0.29) is 22.6 Å². The molecule has 2 saturated carbocycles. The number of aliphatic imine (C=N–C) groups is 1. The second-order valence-electron chi connectivity index (χ2n) is 10.3. The quantitative estimate of drug-likeness (QED) is 0.243. The summed E-state index contributed by atoms with van der Waals surface area (Å²) < 4.78 is 16.6. The summed E-state index contributed by atoms with van der Waals surface area (Å²) in [6, 6.07) is 4.22. The van der Waals surface area contributed by atoms with Crippen molar-refractivity contribution in [2.45, 2.75) is 51.2 Å². The van der Waals surface area contributed by atoms with Crippen molar-refractivity contribution in [3.8, 4) is 5.75 Å². The van der Waals surface area contributed by atoms with Gasteiger partial charge in [-0.3, -0.25) is 0 Å². The normalized spacial score (nSPS) is 28.9. The third-order valence-electron chi connectivity index (χ3n) is 7.34. The number of halogens is 3. The van der Waals surface area contributed by atoms with Gasteiger partial charge in [0.25, 0.3) is 0 Å². The van der Waals surface area contributed by atoms with Crippen LogP contribution in [-0.2, 0) is 0 Å². The first-order chi connectivity index (χ1) is 16.5. The SMILES string of the molecule is CC1CC2CC(CC(C)(O)C2)C1Nc1c(C(N)=Nc2cc(F)c(O)cc2Cl)cnn2cc(Br)cc12. The first-order valence-corrected chi connectivity index (χ1v) is 12.9. The van der Waals surface area contributed by atoms with Gasteiger partial charge in [-0.1, -0.05) is 18.5 Å². The number of anilines is 1. The monoisotopic (exact) mass is 563 g/mol. The summed E-state index contributed by atoms with van der Waals surface area (Å²) in [6.07, 6.45) is 7.18. The van der Waals surface area contributed by atoms with Crippen molar-refractivity contribution in [2.75, 3.05) is 5.32 Å². The number of rotatable bonds is 4. The molecule has 2 bridgehead atoms. The van der Waals surface area contributed by atoms with Gasteiger partial charge in [0.15, 0.2) is 11.6 Å². The summed E-state index contributed by atoms with van der Waals surface area (Å²) in [5.74, 6) is -0.0423. The van der Waals surface area contributed by atoms with Gasteiger partial charge >= 0.3 is 0 Å². The average Bonchev–Trinajstić information content (AvgIpc) is 3.14. The van der Waals surface area contributed by atoms with Crippen LogP contribution in [-0.4, -0.2) is 37.3 Å². The van der Waals surface area contributed by atoms with Gasteiger partial charge in [0.1, 0.15) is 5.84 Å². The van der Waals surface area contributed by atoms with Crippen molar-refractivity contribution in [3.05, 3.63) is 51.5 Å². The molecule has 0 spiro atoms. The number of amidine groups is 1. The number of phenolic OH excluding ortho intramolecular Hbond substituents is 1. The molecule has 2 fully saturated rings. The highest BCUT2D eigenvalue weighted by atomic mass is 79.9. The van der Waals surface area contributed by atoms with Crippen LogP contribution in [0, 0.1) is 23.6 Å². The van der Waals surface area contributed by atoms with Gasteiger partial charge in [-0.2, -0.15) is 5.10 Å². The lowest BCUT2D eigenvalue weighted by atomic mass is 9.61. The predicted octanol–water partition coefficient (Wildman–Crippen LogP) is 5.62. The predicted molar refractivity (Wildman–Crippen MR) is 139 cm³/mol. The van der Waals surface area contributed by atoms with E-state index < -0.39 is 17.2 Å². The number of hydrogen-bond acceptors (Lipinski definition) is 5. The van der Waals surface area contributed by atoms with Crippen molar-refractivity contribution in [1.82, 2.24) is 9.61 Å². The fourth-order valence-electron chi connectivity index (χ4n) is 6.05. The summed E-state index contributed by atoms with van der Waals surface area (Å²) in [7, 11) is 0. The Morgan fingerprint density at radius 2 is 2.11 bits per heavy atom. The van der Waals surface area contributed by atoms with Crippen molar-refractivity contribution < 1.29 is 14.6 Å². The number of nitrogens with zero attached hydrogens (tertiary/aromatic N) is 3. The Morgan fingerprint density at radius 3 is 2.89 bits per heavy atom. The smallest absolute Gasteiger partial charge is 0.167 e. The average molecular weight is 565 g/mol. The van der Waals surface area contributed by atoms with Crippen molar-refractivity contribution >= 4 is 50.3 Å². The molecule has 7 nitrogen and oxygen atoms in total. The van der Waals surface area contributed by atoms with E-state index in [1.165, 1.54) is 0 Å². The number of benzene rings is 1. The Kier molecular flexibility index (Phi) is 6.22. The van der Waals surface area contributed by atoms with Gasteiger partial charge < -0.3 is 21.3 Å². The van der Waals surface area contributed by atoms with E-state index in [0.717, 1.165) is 53.5 Å². The largest absolute Gasteiger partial charge is 0.505 e. The number of aliphatic hydroxyl groups is 1. The lowest BCUT2D eigenvalue weighted by molar-refractivity contribution is -0.0501. The number of nitrogens with two attached hydrogens (primary N) is 1. The van der Waals surface area contributed by atoms with Crippen LogP contribution in [0.2, 0.25) is 5.02 Å². The van der Waals surface area contributed by atoms with Crippen LogP contribution in [0.25, 0.3) is 5.52 Å². The maximum absolute atomic E-state index is 14.0. The molecule has 10 heteroatoms. The van der Waals surface area contributed by atoms with Crippen LogP contribution in [0.1, 0.15) is 45.1 Å². The van der Waals surface area contributed by atoms with Gasteiger partial charge in [0.05, 0.1) is 39.3 Å². The maximum Gasteiger partial charge on any atom is 0.167 e. The maximum atomic E-state index is 14.0. The minimum atomic E-state index is -0.835. The van der Waals surface area contributed by atoms with E-state index >= 15 is 0 Å². The summed E-state index contributed by atoms with van der Waals surface area (Å²) >= 11 is 9.70. The van der Waals surface area contributed by atoms with Gasteiger partial charge in [0, 0.05) is 28.8 Å². The van der Waals surface area contributed by atoms with E-state index in [0.29, 0.717) is 23.3 Å². The first kappa shape index (κ1) is 24.3. The Morgan fingerprint density at radius 1 is 1.34 bits per heavy atom. The lowest BCUT2D eigenvalue weighted by Crippen LogP contribution is -2.50. The van der Waals surface area contributed by atoms with Gasteiger partial charge in [-0.25, -0.2) is 13.9 Å². The zero-order chi connectivity index (χ0) is 25.1. The second-order valence-corrected chi connectivity index (χ2v) is 11.6. The van der Waals surface area contributed by atoms with Gasteiger partial charge in [-0.05, 0) is 72.4 Å². The minimum absolute atomic E-state index is 0.0807. The van der Waals surface area contributed by atoms with Crippen molar-refractivity contribution in [1.29, 1.82) is 0 Å². The summed E-state index contributed by atoms with van der Waals surface area (Å²) in [6.45, 7) is 4.18. The van der Waals surface area contributed by atoms with E-state index in [4.69, 9.17) is 17.3 Å². The fourth-order valence-corrected chi connectivity index (χ4v) is 6.67. The van der Waals surface area contributed by atoms with Crippen molar-refractivity contribution in [3.63, 3.8) is 0 Å². The van der Waals surface area contributed by atoms with E-state index in [1.807, 2.05) is 19.2 Å². The third-order valence-corrected chi connectivity index (χ3v) is 8.08. The van der Waals surface area contributed by atoms with Crippen LogP contribution in [0.15, 0.2) is 40.1 Å². The van der Waals surface area contributed by atoms with Crippen molar-refractivity contribution in [2.24, 2.45) is 28.5 Å². The molecule has 35 heavy (non-hydrogen) atoms. The molecule has 2 aromatic heterocycles. The zero-order valence-electron chi connectivity index (χ0n) is 19.5. The molecule has 1 aromatic carbocycles. The number of aromatic hydroxyl groups is 1. The van der Waals surface area contributed by atoms with Crippen LogP contribution in [0.4, 0.5) is 15.8 Å². The van der Waals surface area contributed by atoms with Gasteiger partial charge in [-0.15, -0.1) is 0 Å². The van der Waals surface area contributed by atoms with E-state index in [2.05, 4.69) is 38.3 Å². The molecule has 0 aliphatic heterocycles. The summed E-state index contributed by atoms with van der Waals surface area (Å²) in [5, 5.41) is 28.7. The Labute approximate surface area is 216 Å². The molecule has 186 valence electrons. The Bertz CT molecular complexity index is 1320.